The predicted octanol–water partition coefficient (Wildman–Crippen LogP) is 7.76. The maximum atomic E-state index is 10.7. The van der Waals surface area contributed by atoms with Crippen molar-refractivity contribution in [2.45, 2.75) is 11.8 Å². The minimum Gasteiger partial charge on any atom is -0.497 e. The predicted molar refractivity (Wildman–Crippen MR) is 144 cm³/mol. The van der Waals surface area contributed by atoms with E-state index in [2.05, 4.69) is 72.8 Å². The van der Waals surface area contributed by atoms with E-state index in [1.165, 1.54) is 0 Å². The Labute approximate surface area is 212 Å². The van der Waals surface area contributed by atoms with E-state index in [0.717, 1.165) is 33.6 Å². The molecule has 36 heavy (non-hydrogen) atoms. The lowest BCUT2D eigenvalue weighted by atomic mass is 9.63. The Hall–Kier alpha value is -4.50. The Morgan fingerprint density at radius 2 is 1.17 bits per heavy atom. The van der Waals surface area contributed by atoms with Crippen molar-refractivity contribution in [3.05, 3.63) is 167 Å². The van der Waals surface area contributed by atoms with E-state index in [9.17, 15) is 5.11 Å². The summed E-state index contributed by atoms with van der Waals surface area (Å²) in [4.78, 5) is 0. The highest BCUT2D eigenvalue weighted by Gasteiger charge is 2.39. The Morgan fingerprint density at radius 1 is 0.639 bits per heavy atom. The van der Waals surface area contributed by atoms with Crippen LogP contribution in [0.1, 0.15) is 23.1 Å². The molecule has 3 nitrogen and oxygen atoms in total. The van der Waals surface area contributed by atoms with Crippen molar-refractivity contribution in [2.75, 3.05) is 7.11 Å². The molecule has 0 bridgehead atoms. The molecule has 1 aliphatic carbocycles. The molecule has 0 radical (unpaired) electrons. The number of aliphatic hydroxyl groups is 1. The number of allylic oxidation sites excluding steroid dienone is 5. The molecule has 4 aromatic rings. The quantitative estimate of drug-likeness (QED) is 0.221. The van der Waals surface area contributed by atoms with Gasteiger partial charge in [0.1, 0.15) is 11.5 Å². The van der Waals surface area contributed by atoms with Crippen molar-refractivity contribution in [1.29, 1.82) is 0 Å². The summed E-state index contributed by atoms with van der Waals surface area (Å²) in [7, 11) is 1.68. The van der Waals surface area contributed by atoms with Gasteiger partial charge in [-0.2, -0.15) is 0 Å². The third-order valence-electron chi connectivity index (χ3n) is 6.61. The fourth-order valence-corrected chi connectivity index (χ4v) is 4.87. The summed E-state index contributed by atoms with van der Waals surface area (Å²) in [5, 5.41) is 10.7. The van der Waals surface area contributed by atoms with Crippen LogP contribution in [0.2, 0.25) is 0 Å². The van der Waals surface area contributed by atoms with Crippen LogP contribution < -0.4 is 9.47 Å². The molecule has 5 rings (SSSR count). The zero-order valence-electron chi connectivity index (χ0n) is 20.2. The first-order chi connectivity index (χ1) is 17.7. The Balaban J connectivity index is 1.64. The van der Waals surface area contributed by atoms with E-state index < -0.39 is 5.41 Å². The van der Waals surface area contributed by atoms with Gasteiger partial charge in [0.2, 0.25) is 0 Å². The molecule has 0 spiro atoms. The second kappa shape index (κ2) is 10.4. The highest BCUT2D eigenvalue weighted by Crippen LogP contribution is 2.47. The zero-order valence-corrected chi connectivity index (χ0v) is 20.2. The summed E-state index contributed by atoms with van der Waals surface area (Å²) >= 11 is 0. The van der Waals surface area contributed by atoms with E-state index in [1.807, 2.05) is 60.7 Å². The molecule has 178 valence electrons. The van der Waals surface area contributed by atoms with Gasteiger partial charge in [-0.3, -0.25) is 0 Å². The van der Waals surface area contributed by atoms with E-state index in [1.54, 1.807) is 7.11 Å². The molecule has 0 aliphatic heterocycles. The Kier molecular flexibility index (Phi) is 6.72. The van der Waals surface area contributed by atoms with Gasteiger partial charge in [0.25, 0.3) is 5.95 Å². The highest BCUT2D eigenvalue weighted by molar-refractivity contribution is 5.63. The number of benzene rings is 4. The van der Waals surface area contributed by atoms with Gasteiger partial charge in [-0.15, -0.1) is 0 Å². The number of hydrogen-bond acceptors (Lipinski definition) is 3. The van der Waals surface area contributed by atoms with Gasteiger partial charge in [-0.05, 0) is 52.9 Å². The fraction of sp³-hybridized carbons (Fsp3) is 0.0909. The lowest BCUT2D eigenvalue weighted by Gasteiger charge is -2.38. The van der Waals surface area contributed by atoms with Crippen LogP contribution in [0.25, 0.3) is 0 Å². The topological polar surface area (TPSA) is 38.7 Å². The van der Waals surface area contributed by atoms with Crippen molar-refractivity contribution in [2.24, 2.45) is 0 Å². The molecular formula is C33H28O3. The van der Waals surface area contributed by atoms with Gasteiger partial charge >= 0.3 is 0 Å². The SMILES string of the molecule is COc1ccc(C(C2=CCC(=C(O)Oc3ccccc3)C=C2)(c2ccccc2)c2ccccc2)cc1. The van der Waals surface area contributed by atoms with Crippen molar-refractivity contribution < 1.29 is 14.6 Å². The van der Waals surface area contributed by atoms with Crippen LogP contribution >= 0.6 is 0 Å². The third kappa shape index (κ3) is 4.44. The molecule has 0 atom stereocenters. The molecule has 0 heterocycles. The monoisotopic (exact) mass is 472 g/mol. The average molecular weight is 473 g/mol. The second-order valence-corrected chi connectivity index (χ2v) is 8.65. The molecule has 0 saturated carbocycles. The summed E-state index contributed by atoms with van der Waals surface area (Å²) in [6, 6.07) is 38.7. The first-order valence-corrected chi connectivity index (χ1v) is 12.0. The maximum absolute atomic E-state index is 10.7. The van der Waals surface area contributed by atoms with Crippen molar-refractivity contribution in [3.8, 4) is 11.5 Å². The van der Waals surface area contributed by atoms with Gasteiger partial charge in [-0.25, -0.2) is 0 Å². The van der Waals surface area contributed by atoms with Gasteiger partial charge in [-0.1, -0.05) is 109 Å². The van der Waals surface area contributed by atoms with Crippen molar-refractivity contribution in [3.63, 3.8) is 0 Å². The van der Waals surface area contributed by atoms with Gasteiger partial charge < -0.3 is 14.6 Å². The number of aliphatic hydroxyl groups excluding tert-OH is 1. The van der Waals surface area contributed by atoms with E-state index in [0.29, 0.717) is 12.2 Å². The summed E-state index contributed by atoms with van der Waals surface area (Å²) in [5.41, 5.74) is 4.76. The normalized spacial score (nSPS) is 14.6. The minimum absolute atomic E-state index is 0.0813. The smallest absolute Gasteiger partial charge is 0.285 e. The minimum atomic E-state index is -0.549. The summed E-state index contributed by atoms with van der Waals surface area (Å²) < 4.78 is 11.1. The lowest BCUT2D eigenvalue weighted by molar-refractivity contribution is 0.203. The van der Waals surface area contributed by atoms with Gasteiger partial charge in [0.05, 0.1) is 12.5 Å². The first kappa shape index (κ1) is 23.3. The van der Waals surface area contributed by atoms with E-state index in [-0.39, 0.29) is 5.95 Å². The number of rotatable bonds is 7. The summed E-state index contributed by atoms with van der Waals surface area (Å²) in [5.74, 6) is 1.34. The van der Waals surface area contributed by atoms with Crippen LogP contribution in [0, 0.1) is 0 Å². The molecular weight excluding hydrogens is 444 g/mol. The fourth-order valence-electron chi connectivity index (χ4n) is 4.87. The molecule has 0 aromatic heterocycles. The molecule has 0 unspecified atom stereocenters. The molecule has 1 N–H and O–H groups in total. The summed E-state index contributed by atoms with van der Waals surface area (Å²) in [6.07, 6.45) is 6.78. The second-order valence-electron chi connectivity index (χ2n) is 8.65. The zero-order chi connectivity index (χ0) is 24.8. The van der Waals surface area contributed by atoms with Crippen molar-refractivity contribution >= 4 is 0 Å². The molecule has 0 saturated heterocycles. The first-order valence-electron chi connectivity index (χ1n) is 12.0. The Bertz CT molecular complexity index is 1340. The van der Waals surface area contributed by atoms with E-state index >= 15 is 0 Å². The number of methoxy groups -OCH3 is 1. The average Bonchev–Trinajstić information content (AvgIpc) is 2.96. The molecule has 0 amide bonds. The number of ether oxygens (including phenoxy) is 2. The Morgan fingerprint density at radius 3 is 1.67 bits per heavy atom. The van der Waals surface area contributed by atoms with Crippen LogP contribution in [0.4, 0.5) is 0 Å². The largest absolute Gasteiger partial charge is 0.497 e. The van der Waals surface area contributed by atoms with Crippen molar-refractivity contribution in [1.82, 2.24) is 0 Å². The van der Waals surface area contributed by atoms with E-state index in [4.69, 9.17) is 9.47 Å². The molecule has 1 aliphatic rings. The molecule has 0 fully saturated rings. The number of para-hydroxylation sites is 1. The lowest BCUT2D eigenvalue weighted by Crippen LogP contribution is -2.32. The standard InChI is InChI=1S/C33H28O3/c1-35-30-23-21-29(22-24-30)33(26-11-5-2-6-12-26,27-13-7-3-8-14-27)28-19-17-25(18-20-28)32(34)36-31-15-9-4-10-16-31/h2-17,19-24,34H,18H2,1H3. The summed E-state index contributed by atoms with van der Waals surface area (Å²) in [6.45, 7) is 0. The van der Waals surface area contributed by atoms with Crippen LogP contribution in [0.3, 0.4) is 0 Å². The third-order valence-corrected chi connectivity index (χ3v) is 6.61. The van der Waals surface area contributed by atoms with Crippen LogP contribution in [0.15, 0.2) is 151 Å². The van der Waals surface area contributed by atoms with Crippen LogP contribution in [-0.2, 0) is 5.41 Å². The van der Waals surface area contributed by atoms with Gasteiger partial charge in [0.15, 0.2) is 0 Å². The van der Waals surface area contributed by atoms with Crippen LogP contribution in [-0.4, -0.2) is 12.2 Å². The molecule has 4 aromatic carbocycles. The maximum Gasteiger partial charge on any atom is 0.285 e. The van der Waals surface area contributed by atoms with Gasteiger partial charge in [0, 0.05) is 5.57 Å². The highest BCUT2D eigenvalue weighted by atomic mass is 16.6. The number of hydrogen-bond donors (Lipinski definition) is 1. The molecule has 3 heteroatoms. The van der Waals surface area contributed by atoms with Crippen LogP contribution in [0.5, 0.6) is 11.5 Å².